The van der Waals surface area contributed by atoms with Gasteiger partial charge in [0.2, 0.25) is 0 Å². The number of ether oxygens (including phenoxy) is 1. The first-order chi connectivity index (χ1) is 15.0. The highest BCUT2D eigenvalue weighted by Crippen LogP contribution is 2.15. The van der Waals surface area contributed by atoms with Crippen LogP contribution in [0.1, 0.15) is 30.0 Å². The van der Waals surface area contributed by atoms with Crippen molar-refractivity contribution in [2.24, 2.45) is 0 Å². The third kappa shape index (κ3) is 6.96. The minimum Gasteiger partial charge on any atom is -0.463 e. The minimum atomic E-state index is -0.363. The monoisotopic (exact) mass is 421 g/mol. The van der Waals surface area contributed by atoms with Gasteiger partial charge in [0.15, 0.2) is 0 Å². The number of hydrogen-bond donors (Lipinski definition) is 1. The van der Waals surface area contributed by atoms with E-state index >= 15 is 0 Å². The molecule has 1 aliphatic heterocycles. The number of benzene rings is 2. The van der Waals surface area contributed by atoms with Gasteiger partial charge in [0, 0.05) is 44.5 Å². The largest absolute Gasteiger partial charge is 0.463 e. The maximum absolute atomic E-state index is 12.7. The predicted octanol–water partition coefficient (Wildman–Crippen LogP) is 4.31. The van der Waals surface area contributed by atoms with Gasteiger partial charge in [0.1, 0.15) is 0 Å². The van der Waals surface area contributed by atoms with E-state index in [0.29, 0.717) is 13.2 Å². The number of amides is 2. The molecule has 3 rings (SSSR count). The van der Waals surface area contributed by atoms with Crippen molar-refractivity contribution in [1.29, 1.82) is 0 Å². The van der Waals surface area contributed by atoms with E-state index in [2.05, 4.69) is 41.4 Å². The summed E-state index contributed by atoms with van der Waals surface area (Å²) < 4.78 is 4.87. The summed E-state index contributed by atoms with van der Waals surface area (Å²) in [6.45, 7) is 8.49. The summed E-state index contributed by atoms with van der Waals surface area (Å²) in [4.78, 5) is 28.4. The van der Waals surface area contributed by atoms with Crippen LogP contribution in [0.25, 0.3) is 6.08 Å². The standard InChI is InChI=1S/C25H31N3O3/c1-3-31-24(29)14-11-21-9-12-23(13-10-21)26-25(30)28-16-6-15-27(17-18-28)19-22-8-5-4-7-20(22)2/h4-5,7-14H,3,6,15-19H2,1-2H3,(H,26,30). The summed E-state index contributed by atoms with van der Waals surface area (Å²) in [7, 11) is 0. The highest BCUT2D eigenvalue weighted by Gasteiger charge is 2.19. The molecular formula is C25H31N3O3. The Hall–Kier alpha value is -3.12. The number of nitrogens with zero attached hydrogens (tertiary/aromatic N) is 2. The molecule has 0 aromatic heterocycles. The zero-order valence-corrected chi connectivity index (χ0v) is 18.3. The van der Waals surface area contributed by atoms with Crippen molar-refractivity contribution in [2.45, 2.75) is 26.8 Å². The van der Waals surface area contributed by atoms with E-state index in [1.807, 2.05) is 29.2 Å². The Morgan fingerprint density at radius 1 is 1.03 bits per heavy atom. The molecule has 2 aromatic rings. The fourth-order valence-electron chi connectivity index (χ4n) is 3.60. The summed E-state index contributed by atoms with van der Waals surface area (Å²) in [6.07, 6.45) is 4.05. The molecule has 2 aromatic carbocycles. The van der Waals surface area contributed by atoms with E-state index in [1.165, 1.54) is 17.2 Å². The Bertz CT molecular complexity index is 908. The zero-order chi connectivity index (χ0) is 22.1. The molecule has 1 aliphatic rings. The second kappa shape index (κ2) is 11.3. The lowest BCUT2D eigenvalue weighted by atomic mass is 10.1. The Balaban J connectivity index is 1.50. The maximum atomic E-state index is 12.7. The summed E-state index contributed by atoms with van der Waals surface area (Å²) in [5.41, 5.74) is 4.26. The van der Waals surface area contributed by atoms with Gasteiger partial charge in [-0.1, -0.05) is 36.4 Å². The van der Waals surface area contributed by atoms with Crippen molar-refractivity contribution in [3.63, 3.8) is 0 Å². The van der Waals surface area contributed by atoms with Gasteiger partial charge < -0.3 is 15.0 Å². The minimum absolute atomic E-state index is 0.0763. The molecule has 0 unspecified atom stereocenters. The van der Waals surface area contributed by atoms with Crippen molar-refractivity contribution in [1.82, 2.24) is 9.80 Å². The molecule has 0 atom stereocenters. The third-order valence-corrected chi connectivity index (χ3v) is 5.39. The number of esters is 1. The Morgan fingerprint density at radius 2 is 1.81 bits per heavy atom. The first kappa shape index (κ1) is 22.6. The Morgan fingerprint density at radius 3 is 2.55 bits per heavy atom. The van der Waals surface area contributed by atoms with Crippen LogP contribution < -0.4 is 5.32 Å². The molecule has 0 saturated carbocycles. The molecule has 0 aliphatic carbocycles. The Labute approximate surface area is 184 Å². The quantitative estimate of drug-likeness (QED) is 0.558. The summed E-state index contributed by atoms with van der Waals surface area (Å²) in [6, 6.07) is 15.8. The molecule has 2 amide bonds. The average Bonchev–Trinajstić information content (AvgIpc) is 3.01. The van der Waals surface area contributed by atoms with Crippen LogP contribution in [-0.4, -0.2) is 54.6 Å². The lowest BCUT2D eigenvalue weighted by Crippen LogP contribution is -2.38. The van der Waals surface area contributed by atoms with Crippen molar-refractivity contribution >= 4 is 23.8 Å². The fraction of sp³-hybridized carbons (Fsp3) is 0.360. The number of hydrogen-bond acceptors (Lipinski definition) is 4. The molecule has 31 heavy (non-hydrogen) atoms. The van der Waals surface area contributed by atoms with Crippen LogP contribution in [0.3, 0.4) is 0 Å². The van der Waals surface area contributed by atoms with Crippen LogP contribution in [0.15, 0.2) is 54.6 Å². The summed E-state index contributed by atoms with van der Waals surface area (Å²) >= 11 is 0. The number of carbonyl (C=O) groups is 2. The highest BCUT2D eigenvalue weighted by atomic mass is 16.5. The first-order valence-corrected chi connectivity index (χ1v) is 10.8. The summed E-state index contributed by atoms with van der Waals surface area (Å²) in [5, 5.41) is 2.98. The van der Waals surface area contributed by atoms with E-state index in [-0.39, 0.29) is 12.0 Å². The lowest BCUT2D eigenvalue weighted by Gasteiger charge is -2.23. The molecule has 1 N–H and O–H groups in total. The molecule has 1 saturated heterocycles. The average molecular weight is 422 g/mol. The molecule has 0 bridgehead atoms. The SMILES string of the molecule is CCOC(=O)C=Cc1ccc(NC(=O)N2CCCN(Cc3ccccc3C)CC2)cc1. The summed E-state index contributed by atoms with van der Waals surface area (Å²) in [5.74, 6) is -0.363. The van der Waals surface area contributed by atoms with Crippen LogP contribution >= 0.6 is 0 Å². The smallest absolute Gasteiger partial charge is 0.330 e. The first-order valence-electron chi connectivity index (χ1n) is 10.8. The van der Waals surface area contributed by atoms with Gasteiger partial charge in [0.05, 0.1) is 6.61 Å². The van der Waals surface area contributed by atoms with E-state index in [1.54, 1.807) is 13.0 Å². The van der Waals surface area contributed by atoms with Gasteiger partial charge in [-0.3, -0.25) is 4.90 Å². The van der Waals surface area contributed by atoms with Crippen LogP contribution in [0.5, 0.6) is 0 Å². The van der Waals surface area contributed by atoms with Crippen LogP contribution in [0.2, 0.25) is 0 Å². The number of rotatable bonds is 6. The lowest BCUT2D eigenvalue weighted by molar-refractivity contribution is -0.137. The molecule has 0 spiro atoms. The molecule has 164 valence electrons. The highest BCUT2D eigenvalue weighted by molar-refractivity contribution is 5.90. The van der Waals surface area contributed by atoms with Crippen molar-refractivity contribution in [3.8, 4) is 0 Å². The molecular weight excluding hydrogens is 390 g/mol. The van der Waals surface area contributed by atoms with E-state index in [9.17, 15) is 9.59 Å². The molecule has 1 heterocycles. The molecule has 0 radical (unpaired) electrons. The topological polar surface area (TPSA) is 61.9 Å². The number of urea groups is 1. The molecule has 6 nitrogen and oxygen atoms in total. The van der Waals surface area contributed by atoms with Gasteiger partial charge in [-0.05, 0) is 55.2 Å². The fourth-order valence-corrected chi connectivity index (χ4v) is 3.60. The van der Waals surface area contributed by atoms with Crippen molar-refractivity contribution in [3.05, 3.63) is 71.3 Å². The van der Waals surface area contributed by atoms with Crippen LogP contribution in [0, 0.1) is 6.92 Å². The van der Waals surface area contributed by atoms with E-state index < -0.39 is 0 Å². The van der Waals surface area contributed by atoms with Gasteiger partial charge in [-0.15, -0.1) is 0 Å². The predicted molar refractivity (Wildman–Crippen MR) is 124 cm³/mol. The number of nitrogens with one attached hydrogen (secondary N) is 1. The number of carbonyl (C=O) groups excluding carboxylic acids is 2. The van der Waals surface area contributed by atoms with Gasteiger partial charge in [-0.2, -0.15) is 0 Å². The van der Waals surface area contributed by atoms with Crippen molar-refractivity contribution in [2.75, 3.05) is 38.1 Å². The second-order valence-electron chi connectivity index (χ2n) is 7.68. The Kier molecular flexibility index (Phi) is 8.24. The molecule has 1 fully saturated rings. The second-order valence-corrected chi connectivity index (χ2v) is 7.68. The number of anilines is 1. The zero-order valence-electron chi connectivity index (χ0n) is 18.3. The van der Waals surface area contributed by atoms with Gasteiger partial charge in [-0.25, -0.2) is 9.59 Å². The van der Waals surface area contributed by atoms with Crippen LogP contribution in [0.4, 0.5) is 10.5 Å². The van der Waals surface area contributed by atoms with Gasteiger partial charge in [0.25, 0.3) is 0 Å². The van der Waals surface area contributed by atoms with E-state index in [0.717, 1.165) is 43.9 Å². The van der Waals surface area contributed by atoms with Crippen LogP contribution in [-0.2, 0) is 16.1 Å². The van der Waals surface area contributed by atoms with E-state index in [4.69, 9.17) is 4.74 Å². The van der Waals surface area contributed by atoms with Crippen molar-refractivity contribution < 1.29 is 14.3 Å². The normalized spacial score (nSPS) is 15.0. The van der Waals surface area contributed by atoms with Gasteiger partial charge >= 0.3 is 12.0 Å². The maximum Gasteiger partial charge on any atom is 0.330 e. The number of aryl methyl sites for hydroxylation is 1. The molecule has 6 heteroatoms. The third-order valence-electron chi connectivity index (χ3n) is 5.39.